The zero-order chi connectivity index (χ0) is 17.0. The van der Waals surface area contributed by atoms with Crippen molar-refractivity contribution in [3.63, 3.8) is 0 Å². The lowest BCUT2D eigenvalue weighted by Gasteiger charge is -2.05. The summed E-state index contributed by atoms with van der Waals surface area (Å²) in [5.74, 6) is -0.198. The van der Waals surface area contributed by atoms with Crippen molar-refractivity contribution < 1.29 is 19.1 Å². The Balaban J connectivity index is 2.38. The number of benzene rings is 1. The van der Waals surface area contributed by atoms with Gasteiger partial charge < -0.3 is 14.0 Å². The molecule has 0 bridgehead atoms. The quantitative estimate of drug-likeness (QED) is 0.765. The zero-order valence-corrected chi connectivity index (χ0v) is 13.4. The molecule has 0 saturated carbocycles. The maximum absolute atomic E-state index is 12.2. The van der Waals surface area contributed by atoms with Crippen LogP contribution < -0.4 is 4.74 Å². The van der Waals surface area contributed by atoms with E-state index in [4.69, 9.17) is 14.7 Å². The Morgan fingerprint density at radius 2 is 2.09 bits per heavy atom. The van der Waals surface area contributed by atoms with Crippen molar-refractivity contribution in [2.45, 2.75) is 20.3 Å². The Morgan fingerprint density at radius 3 is 2.74 bits per heavy atom. The van der Waals surface area contributed by atoms with Crippen molar-refractivity contribution in [1.82, 2.24) is 4.57 Å². The Kier molecular flexibility index (Phi) is 5.02. The molecule has 0 fully saturated rings. The number of esters is 1. The number of hydrogen-bond acceptors (Lipinski definition) is 5. The summed E-state index contributed by atoms with van der Waals surface area (Å²) in [5.41, 5.74) is 2.18. The molecule has 0 N–H and O–H groups in total. The second-order valence-corrected chi connectivity index (χ2v) is 5.08. The van der Waals surface area contributed by atoms with E-state index in [1.54, 1.807) is 25.1 Å². The molecule has 0 unspecified atom stereocenters. The van der Waals surface area contributed by atoms with Crippen LogP contribution in [0.5, 0.6) is 5.75 Å². The monoisotopic (exact) mass is 314 g/mol. The van der Waals surface area contributed by atoms with Crippen molar-refractivity contribution in [3.8, 4) is 11.8 Å². The van der Waals surface area contributed by atoms with Gasteiger partial charge in [-0.1, -0.05) is 0 Å². The van der Waals surface area contributed by atoms with Gasteiger partial charge in [-0.05, 0) is 32.0 Å². The van der Waals surface area contributed by atoms with Gasteiger partial charge in [0.25, 0.3) is 0 Å². The van der Waals surface area contributed by atoms with Gasteiger partial charge in [0.2, 0.25) is 0 Å². The third-order valence-electron chi connectivity index (χ3n) is 3.62. The minimum absolute atomic E-state index is 0.167. The molecule has 0 aliphatic heterocycles. The molecule has 0 spiro atoms. The lowest BCUT2D eigenvalue weighted by molar-refractivity contribution is -0.120. The van der Waals surface area contributed by atoms with E-state index in [2.05, 4.69) is 0 Å². The van der Waals surface area contributed by atoms with E-state index in [1.807, 2.05) is 24.6 Å². The summed E-state index contributed by atoms with van der Waals surface area (Å²) in [6, 6.07) is 7.07. The number of nitrogens with zero attached hydrogens (tertiary/aromatic N) is 2. The lowest BCUT2D eigenvalue weighted by Crippen LogP contribution is -2.10. The van der Waals surface area contributed by atoms with E-state index in [0.717, 1.165) is 11.2 Å². The Bertz CT molecular complexity index is 799. The van der Waals surface area contributed by atoms with Gasteiger partial charge in [0.05, 0.1) is 24.7 Å². The first-order valence-electron chi connectivity index (χ1n) is 7.27. The SMILES string of the molecule is CCOC(=O)c1c(C)n(C)c2ccc(OCC(=O)CC#N)cc12. The number of rotatable bonds is 6. The van der Waals surface area contributed by atoms with Crippen molar-refractivity contribution in [3.05, 3.63) is 29.5 Å². The topological polar surface area (TPSA) is 81.3 Å². The molecule has 0 saturated heterocycles. The molecule has 6 heteroatoms. The minimum atomic E-state index is -0.381. The van der Waals surface area contributed by atoms with E-state index < -0.39 is 0 Å². The van der Waals surface area contributed by atoms with E-state index in [1.165, 1.54) is 0 Å². The van der Waals surface area contributed by atoms with Gasteiger partial charge in [0.15, 0.2) is 5.78 Å². The summed E-state index contributed by atoms with van der Waals surface area (Å²) in [6.07, 6.45) is -0.180. The second kappa shape index (κ2) is 6.97. The molecule has 1 aromatic carbocycles. The molecule has 0 amide bonds. The number of carbonyl (C=O) groups is 2. The van der Waals surface area contributed by atoms with Crippen LogP contribution in [0.3, 0.4) is 0 Å². The summed E-state index contributed by atoms with van der Waals surface area (Å²) in [4.78, 5) is 23.6. The highest BCUT2D eigenvalue weighted by Gasteiger charge is 2.20. The van der Waals surface area contributed by atoms with Crippen LogP contribution in [-0.4, -0.2) is 29.5 Å². The second-order valence-electron chi connectivity index (χ2n) is 5.08. The maximum Gasteiger partial charge on any atom is 0.340 e. The van der Waals surface area contributed by atoms with Crippen LogP contribution in [0.15, 0.2) is 18.2 Å². The van der Waals surface area contributed by atoms with Gasteiger partial charge in [-0.15, -0.1) is 0 Å². The molecule has 120 valence electrons. The molecule has 2 aromatic rings. The predicted molar refractivity (Wildman–Crippen MR) is 84.3 cm³/mol. The molecule has 23 heavy (non-hydrogen) atoms. The smallest absolute Gasteiger partial charge is 0.340 e. The molecule has 0 atom stereocenters. The first-order chi connectivity index (χ1) is 11.0. The van der Waals surface area contributed by atoms with Gasteiger partial charge in [0.1, 0.15) is 12.4 Å². The maximum atomic E-state index is 12.2. The average molecular weight is 314 g/mol. The Morgan fingerprint density at radius 1 is 1.35 bits per heavy atom. The molecular formula is C17H18N2O4. The van der Waals surface area contributed by atoms with Crippen LogP contribution in [0, 0.1) is 18.3 Å². The molecular weight excluding hydrogens is 296 g/mol. The number of aryl methyl sites for hydroxylation is 1. The third kappa shape index (κ3) is 3.34. The Hall–Kier alpha value is -2.81. The van der Waals surface area contributed by atoms with E-state index in [0.29, 0.717) is 23.3 Å². The van der Waals surface area contributed by atoms with Gasteiger partial charge >= 0.3 is 5.97 Å². The highest BCUT2D eigenvalue weighted by Crippen LogP contribution is 2.29. The number of carbonyl (C=O) groups excluding carboxylic acids is 2. The summed E-state index contributed by atoms with van der Waals surface area (Å²) in [5, 5.41) is 9.19. The van der Waals surface area contributed by atoms with Crippen molar-refractivity contribution in [2.75, 3.05) is 13.2 Å². The normalized spacial score (nSPS) is 10.3. The molecule has 0 aliphatic carbocycles. The summed E-state index contributed by atoms with van der Waals surface area (Å²) in [6.45, 7) is 3.74. The number of ether oxygens (including phenoxy) is 2. The summed E-state index contributed by atoms with van der Waals surface area (Å²) in [7, 11) is 1.87. The lowest BCUT2D eigenvalue weighted by atomic mass is 10.1. The van der Waals surface area contributed by atoms with Crippen LogP contribution in [0.1, 0.15) is 29.4 Å². The third-order valence-corrected chi connectivity index (χ3v) is 3.62. The van der Waals surface area contributed by atoms with Gasteiger partial charge in [-0.25, -0.2) is 4.79 Å². The standard InChI is InChI=1S/C17H18N2O4/c1-4-22-17(21)16-11(2)19(3)15-6-5-13(9-14(15)16)23-10-12(20)7-8-18/h5-6,9H,4,7,10H2,1-3H3. The van der Waals surface area contributed by atoms with E-state index in [9.17, 15) is 9.59 Å². The molecule has 0 aliphatic rings. The highest BCUT2D eigenvalue weighted by atomic mass is 16.5. The number of nitriles is 1. The fourth-order valence-electron chi connectivity index (χ4n) is 2.40. The molecule has 2 rings (SSSR count). The van der Waals surface area contributed by atoms with Crippen molar-refractivity contribution >= 4 is 22.7 Å². The van der Waals surface area contributed by atoms with Crippen molar-refractivity contribution in [2.24, 2.45) is 7.05 Å². The number of fused-ring (bicyclic) bond motifs is 1. The molecule has 1 aromatic heterocycles. The van der Waals surface area contributed by atoms with Crippen LogP contribution in [-0.2, 0) is 16.6 Å². The first kappa shape index (κ1) is 16.6. The molecule has 0 radical (unpaired) electrons. The molecule has 1 heterocycles. The molecule has 6 nitrogen and oxygen atoms in total. The number of aromatic nitrogens is 1. The zero-order valence-electron chi connectivity index (χ0n) is 13.4. The van der Waals surface area contributed by atoms with Gasteiger partial charge in [-0.3, -0.25) is 4.79 Å². The summed E-state index contributed by atoms with van der Waals surface area (Å²) >= 11 is 0. The van der Waals surface area contributed by atoms with Crippen LogP contribution in [0.4, 0.5) is 0 Å². The average Bonchev–Trinajstić information content (AvgIpc) is 2.77. The highest BCUT2D eigenvalue weighted by molar-refractivity contribution is 6.06. The minimum Gasteiger partial charge on any atom is -0.486 e. The summed E-state index contributed by atoms with van der Waals surface area (Å²) < 4.78 is 12.4. The largest absolute Gasteiger partial charge is 0.486 e. The number of ketones is 1. The Labute approximate surface area is 134 Å². The van der Waals surface area contributed by atoms with Crippen LogP contribution in [0.25, 0.3) is 10.9 Å². The number of Topliss-reactive ketones (excluding diaryl/α,β-unsaturated/α-hetero) is 1. The van der Waals surface area contributed by atoms with Crippen molar-refractivity contribution in [1.29, 1.82) is 5.26 Å². The fourth-order valence-corrected chi connectivity index (χ4v) is 2.40. The van der Waals surface area contributed by atoms with Crippen LogP contribution >= 0.6 is 0 Å². The van der Waals surface area contributed by atoms with E-state index in [-0.39, 0.29) is 24.8 Å². The van der Waals surface area contributed by atoms with Gasteiger partial charge in [-0.2, -0.15) is 5.26 Å². The fraction of sp³-hybridized carbons (Fsp3) is 0.353. The number of hydrogen-bond donors (Lipinski definition) is 0. The van der Waals surface area contributed by atoms with Crippen LogP contribution in [0.2, 0.25) is 0 Å². The first-order valence-corrected chi connectivity index (χ1v) is 7.27. The van der Waals surface area contributed by atoms with E-state index >= 15 is 0 Å². The van der Waals surface area contributed by atoms with Gasteiger partial charge in [0, 0.05) is 23.6 Å². The predicted octanol–water partition coefficient (Wildman–Crippen LogP) is 2.53.